The number of hydrogen-bond acceptors (Lipinski definition) is 1. The van der Waals surface area contributed by atoms with Gasteiger partial charge in [-0.2, -0.15) is 0 Å². The minimum atomic E-state index is 0. The van der Waals surface area contributed by atoms with Gasteiger partial charge in [0, 0.05) is 17.6 Å². The lowest BCUT2D eigenvalue weighted by Crippen LogP contribution is -2.27. The van der Waals surface area contributed by atoms with Gasteiger partial charge in [-0.25, -0.2) is 0 Å². The average Bonchev–Trinajstić information content (AvgIpc) is 2.39. The molecule has 19 heavy (non-hydrogen) atoms. The maximum Gasteiger partial charge on any atom is 0.0406 e. The molecule has 0 aromatic heterocycles. The van der Waals surface area contributed by atoms with Gasteiger partial charge < -0.3 is 5.32 Å². The molecule has 0 radical (unpaired) electrons. The molecule has 0 saturated heterocycles. The van der Waals surface area contributed by atoms with E-state index >= 15 is 0 Å². The Kier molecular flexibility index (Phi) is 6.93. The van der Waals surface area contributed by atoms with E-state index in [0.29, 0.717) is 6.04 Å². The Balaban J connectivity index is 0.00000180. The summed E-state index contributed by atoms with van der Waals surface area (Å²) < 4.78 is 0. The number of halogens is 2. The third-order valence-electron chi connectivity index (χ3n) is 2.95. The Hall–Kier alpha value is -1.02. The van der Waals surface area contributed by atoms with Crippen molar-refractivity contribution in [1.82, 2.24) is 5.32 Å². The van der Waals surface area contributed by atoms with Gasteiger partial charge in [-0.3, -0.25) is 0 Å². The first-order valence-electron chi connectivity index (χ1n) is 6.26. The fourth-order valence-electron chi connectivity index (χ4n) is 1.93. The van der Waals surface area contributed by atoms with Crippen LogP contribution in [0.15, 0.2) is 54.6 Å². The lowest BCUT2D eigenvalue weighted by Gasteiger charge is -2.14. The summed E-state index contributed by atoms with van der Waals surface area (Å²) in [7, 11) is 0. The normalized spacial score (nSPS) is 11.7. The molecule has 1 nitrogen and oxygen atoms in total. The highest BCUT2D eigenvalue weighted by Gasteiger charge is 2.02. The molecule has 1 unspecified atom stereocenters. The van der Waals surface area contributed by atoms with E-state index in [1.165, 1.54) is 11.1 Å². The van der Waals surface area contributed by atoms with E-state index in [4.69, 9.17) is 11.6 Å². The van der Waals surface area contributed by atoms with Crippen LogP contribution >= 0.6 is 24.0 Å². The lowest BCUT2D eigenvalue weighted by atomic mass is 10.1. The topological polar surface area (TPSA) is 12.0 Å². The second-order valence-electron chi connectivity index (χ2n) is 4.60. The smallest absolute Gasteiger partial charge is 0.0406 e. The maximum atomic E-state index is 5.86. The Morgan fingerprint density at radius 1 is 0.947 bits per heavy atom. The SMILES string of the molecule is CC(Cc1ccccc1)NCc1ccc(Cl)cc1.Cl. The molecule has 0 spiro atoms. The highest BCUT2D eigenvalue weighted by molar-refractivity contribution is 6.30. The fraction of sp³-hybridized carbons (Fsp3) is 0.250. The lowest BCUT2D eigenvalue weighted by molar-refractivity contribution is 0.545. The molecule has 2 aromatic carbocycles. The van der Waals surface area contributed by atoms with Crippen LogP contribution in [0.25, 0.3) is 0 Å². The summed E-state index contributed by atoms with van der Waals surface area (Å²) in [6, 6.07) is 19.0. The Morgan fingerprint density at radius 2 is 1.58 bits per heavy atom. The molecule has 102 valence electrons. The molecule has 3 heteroatoms. The molecule has 1 atom stereocenters. The zero-order valence-electron chi connectivity index (χ0n) is 11.0. The highest BCUT2D eigenvalue weighted by atomic mass is 35.5. The molecule has 0 aliphatic heterocycles. The third kappa shape index (κ3) is 5.65. The van der Waals surface area contributed by atoms with Crippen molar-refractivity contribution in [2.24, 2.45) is 0 Å². The zero-order chi connectivity index (χ0) is 12.8. The molecule has 0 saturated carbocycles. The summed E-state index contributed by atoms with van der Waals surface area (Å²) >= 11 is 5.86. The van der Waals surface area contributed by atoms with Gasteiger partial charge in [-0.05, 0) is 36.6 Å². The van der Waals surface area contributed by atoms with Crippen LogP contribution in [0.3, 0.4) is 0 Å². The van der Waals surface area contributed by atoms with Crippen molar-refractivity contribution >= 4 is 24.0 Å². The number of nitrogens with one attached hydrogen (secondary N) is 1. The minimum absolute atomic E-state index is 0. The summed E-state index contributed by atoms with van der Waals surface area (Å²) in [5.74, 6) is 0. The van der Waals surface area contributed by atoms with E-state index in [1.54, 1.807) is 0 Å². The first-order valence-corrected chi connectivity index (χ1v) is 6.63. The van der Waals surface area contributed by atoms with Gasteiger partial charge in [0.15, 0.2) is 0 Å². The minimum Gasteiger partial charge on any atom is -0.310 e. The molecule has 0 aliphatic carbocycles. The molecular weight excluding hydrogens is 277 g/mol. The molecule has 0 fully saturated rings. The van der Waals surface area contributed by atoms with Crippen LogP contribution in [0, 0.1) is 0 Å². The average molecular weight is 296 g/mol. The van der Waals surface area contributed by atoms with E-state index in [-0.39, 0.29) is 12.4 Å². The first kappa shape index (κ1) is 16.0. The van der Waals surface area contributed by atoms with Crippen molar-refractivity contribution in [3.63, 3.8) is 0 Å². The van der Waals surface area contributed by atoms with Crippen LogP contribution in [0.5, 0.6) is 0 Å². The van der Waals surface area contributed by atoms with Gasteiger partial charge >= 0.3 is 0 Å². The van der Waals surface area contributed by atoms with Crippen LogP contribution in [0.2, 0.25) is 5.02 Å². The summed E-state index contributed by atoms with van der Waals surface area (Å²) in [4.78, 5) is 0. The van der Waals surface area contributed by atoms with Gasteiger partial charge in [0.1, 0.15) is 0 Å². The summed E-state index contributed by atoms with van der Waals surface area (Å²) in [6.07, 6.45) is 1.05. The number of benzene rings is 2. The van der Waals surface area contributed by atoms with E-state index in [0.717, 1.165) is 18.0 Å². The Morgan fingerprint density at radius 3 is 2.21 bits per heavy atom. The quantitative estimate of drug-likeness (QED) is 0.857. The van der Waals surface area contributed by atoms with Crippen molar-refractivity contribution in [2.45, 2.75) is 25.9 Å². The van der Waals surface area contributed by atoms with Crippen LogP contribution in [-0.4, -0.2) is 6.04 Å². The van der Waals surface area contributed by atoms with Gasteiger partial charge in [0.2, 0.25) is 0 Å². The van der Waals surface area contributed by atoms with Crippen molar-refractivity contribution in [3.8, 4) is 0 Å². The summed E-state index contributed by atoms with van der Waals surface area (Å²) in [5, 5.41) is 4.31. The second kappa shape index (κ2) is 8.21. The van der Waals surface area contributed by atoms with Crippen molar-refractivity contribution < 1.29 is 0 Å². The first-order chi connectivity index (χ1) is 8.74. The van der Waals surface area contributed by atoms with Crippen molar-refractivity contribution in [2.75, 3.05) is 0 Å². The molecule has 0 amide bonds. The predicted octanol–water partition coefficient (Wildman–Crippen LogP) is 4.48. The molecule has 0 aliphatic rings. The van der Waals surface area contributed by atoms with E-state index < -0.39 is 0 Å². The second-order valence-corrected chi connectivity index (χ2v) is 5.03. The predicted molar refractivity (Wildman–Crippen MR) is 85.1 cm³/mol. The van der Waals surface area contributed by atoms with Crippen LogP contribution in [-0.2, 0) is 13.0 Å². The molecule has 0 heterocycles. The van der Waals surface area contributed by atoms with Gasteiger partial charge in [-0.15, -0.1) is 12.4 Å². The fourth-order valence-corrected chi connectivity index (χ4v) is 2.06. The van der Waals surface area contributed by atoms with Crippen LogP contribution in [0.4, 0.5) is 0 Å². The third-order valence-corrected chi connectivity index (χ3v) is 3.20. The van der Waals surface area contributed by atoms with Crippen molar-refractivity contribution in [1.29, 1.82) is 0 Å². The highest BCUT2D eigenvalue weighted by Crippen LogP contribution is 2.10. The Bertz CT molecular complexity index is 468. The van der Waals surface area contributed by atoms with Gasteiger partial charge in [-0.1, -0.05) is 54.1 Å². The summed E-state index contributed by atoms with van der Waals surface area (Å²) in [5.41, 5.74) is 2.63. The van der Waals surface area contributed by atoms with E-state index in [9.17, 15) is 0 Å². The van der Waals surface area contributed by atoms with Gasteiger partial charge in [0.05, 0.1) is 0 Å². The molecule has 2 rings (SSSR count). The standard InChI is InChI=1S/C16H18ClN.ClH/c1-13(11-14-5-3-2-4-6-14)18-12-15-7-9-16(17)10-8-15;/h2-10,13,18H,11-12H2,1H3;1H. The van der Waals surface area contributed by atoms with E-state index in [2.05, 4.69) is 54.7 Å². The zero-order valence-corrected chi connectivity index (χ0v) is 12.5. The monoisotopic (exact) mass is 295 g/mol. The largest absolute Gasteiger partial charge is 0.310 e. The molecule has 1 N–H and O–H groups in total. The van der Waals surface area contributed by atoms with Crippen molar-refractivity contribution in [3.05, 3.63) is 70.7 Å². The van der Waals surface area contributed by atoms with Gasteiger partial charge in [0.25, 0.3) is 0 Å². The Labute approximate surface area is 126 Å². The molecule has 0 bridgehead atoms. The molecule has 2 aromatic rings. The van der Waals surface area contributed by atoms with Crippen LogP contribution < -0.4 is 5.32 Å². The number of rotatable bonds is 5. The van der Waals surface area contributed by atoms with Crippen LogP contribution in [0.1, 0.15) is 18.1 Å². The molecular formula is C16H19Cl2N. The maximum absolute atomic E-state index is 5.86. The summed E-state index contributed by atoms with van der Waals surface area (Å²) in [6.45, 7) is 3.09. The number of hydrogen-bond donors (Lipinski definition) is 1. The van der Waals surface area contributed by atoms with E-state index in [1.807, 2.05) is 12.1 Å².